The van der Waals surface area contributed by atoms with Crippen molar-refractivity contribution in [2.75, 3.05) is 38.5 Å². The second-order valence-electron chi connectivity index (χ2n) is 6.35. The average Bonchev–Trinajstić information content (AvgIpc) is 3.09. The number of rotatable bonds is 6. The number of ether oxygens (including phenoxy) is 1. The van der Waals surface area contributed by atoms with Crippen LogP contribution in [-0.4, -0.2) is 61.0 Å². The summed E-state index contributed by atoms with van der Waals surface area (Å²) in [6.07, 6.45) is 4.81. The van der Waals surface area contributed by atoms with Gasteiger partial charge in [0, 0.05) is 51.9 Å². The van der Waals surface area contributed by atoms with Crippen LogP contribution in [0.5, 0.6) is 0 Å². The first-order chi connectivity index (χ1) is 11.1. The minimum atomic E-state index is -2.99. The van der Waals surface area contributed by atoms with Gasteiger partial charge < -0.3 is 10.1 Å². The summed E-state index contributed by atoms with van der Waals surface area (Å²) >= 11 is 0. The molecule has 2 aliphatic heterocycles. The zero-order valence-corrected chi connectivity index (χ0v) is 14.5. The van der Waals surface area contributed by atoms with Crippen LogP contribution in [0.2, 0.25) is 0 Å². The van der Waals surface area contributed by atoms with Gasteiger partial charge in [0.25, 0.3) is 0 Å². The van der Waals surface area contributed by atoms with Crippen molar-refractivity contribution in [3.05, 3.63) is 18.0 Å². The molecule has 1 N–H and O–H groups in total. The number of hydrogen-bond donors (Lipinski definition) is 1. The monoisotopic (exact) mass is 342 g/mol. The normalized spacial score (nSPS) is 28.2. The zero-order chi connectivity index (χ0) is 16.3. The second kappa shape index (κ2) is 7.29. The Morgan fingerprint density at radius 1 is 1.43 bits per heavy atom. The summed E-state index contributed by atoms with van der Waals surface area (Å²) in [6, 6.07) is 2.01. The molecule has 0 spiro atoms. The number of nitrogens with one attached hydrogen (secondary N) is 1. The van der Waals surface area contributed by atoms with E-state index in [1.165, 1.54) is 0 Å². The van der Waals surface area contributed by atoms with Crippen molar-refractivity contribution >= 4 is 10.0 Å². The maximum Gasteiger partial charge on any atom is 0.214 e. The molecular formula is C15H26N4O3S. The summed E-state index contributed by atoms with van der Waals surface area (Å²) in [6.45, 7) is 3.54. The van der Waals surface area contributed by atoms with Gasteiger partial charge in [0.05, 0.1) is 11.4 Å². The van der Waals surface area contributed by atoms with Crippen molar-refractivity contribution in [3.63, 3.8) is 0 Å². The first-order valence-electron chi connectivity index (χ1n) is 8.36. The fourth-order valence-corrected chi connectivity index (χ4v) is 5.00. The van der Waals surface area contributed by atoms with E-state index < -0.39 is 10.0 Å². The molecule has 2 fully saturated rings. The Labute approximate surface area is 138 Å². The number of aromatic nitrogens is 2. The molecule has 23 heavy (non-hydrogen) atoms. The van der Waals surface area contributed by atoms with E-state index in [-0.39, 0.29) is 6.10 Å². The molecule has 8 heteroatoms. The van der Waals surface area contributed by atoms with Crippen molar-refractivity contribution in [1.82, 2.24) is 19.4 Å². The first-order valence-corrected chi connectivity index (χ1v) is 9.97. The van der Waals surface area contributed by atoms with Crippen molar-refractivity contribution in [2.24, 2.45) is 13.0 Å². The van der Waals surface area contributed by atoms with Crippen molar-refractivity contribution in [3.8, 4) is 0 Å². The third kappa shape index (κ3) is 3.93. The summed E-state index contributed by atoms with van der Waals surface area (Å²) in [7, 11) is -1.05. The van der Waals surface area contributed by atoms with Crippen LogP contribution in [-0.2, 0) is 21.8 Å². The minimum absolute atomic E-state index is 0.0688. The topological polar surface area (TPSA) is 76.5 Å². The fourth-order valence-electron chi connectivity index (χ4n) is 3.48. The molecule has 3 heterocycles. The highest BCUT2D eigenvalue weighted by Gasteiger charge is 2.30. The highest BCUT2D eigenvalue weighted by Crippen LogP contribution is 2.32. The number of aryl methyl sites for hydroxylation is 1. The van der Waals surface area contributed by atoms with Crippen LogP contribution in [0.25, 0.3) is 0 Å². The van der Waals surface area contributed by atoms with Crippen LogP contribution in [0.1, 0.15) is 31.1 Å². The van der Waals surface area contributed by atoms with Crippen LogP contribution in [0.15, 0.2) is 12.3 Å². The van der Waals surface area contributed by atoms with E-state index in [2.05, 4.69) is 10.4 Å². The average molecular weight is 342 g/mol. The molecule has 0 radical (unpaired) electrons. The summed E-state index contributed by atoms with van der Waals surface area (Å²) in [4.78, 5) is 0. The van der Waals surface area contributed by atoms with E-state index in [1.54, 1.807) is 10.5 Å². The smallest absolute Gasteiger partial charge is 0.214 e. The third-order valence-corrected chi connectivity index (χ3v) is 6.70. The number of hydrogen-bond acceptors (Lipinski definition) is 5. The molecule has 0 saturated carbocycles. The Morgan fingerprint density at radius 3 is 3.00 bits per heavy atom. The van der Waals surface area contributed by atoms with Crippen molar-refractivity contribution in [2.45, 2.75) is 25.4 Å². The maximum atomic E-state index is 11.8. The number of sulfonamides is 1. The van der Waals surface area contributed by atoms with Gasteiger partial charge in [-0.1, -0.05) is 0 Å². The molecule has 0 amide bonds. The highest BCUT2D eigenvalue weighted by molar-refractivity contribution is 7.89. The molecule has 130 valence electrons. The molecule has 3 rings (SSSR count). The van der Waals surface area contributed by atoms with Gasteiger partial charge in [-0.25, -0.2) is 12.7 Å². The van der Waals surface area contributed by atoms with Gasteiger partial charge in [-0.05, 0) is 25.3 Å². The van der Waals surface area contributed by atoms with Gasteiger partial charge in [-0.2, -0.15) is 5.10 Å². The molecule has 7 nitrogen and oxygen atoms in total. The molecule has 1 aromatic rings. The van der Waals surface area contributed by atoms with Crippen LogP contribution in [0.3, 0.4) is 0 Å². The molecule has 0 unspecified atom stereocenters. The van der Waals surface area contributed by atoms with E-state index in [0.717, 1.165) is 38.1 Å². The Bertz CT molecular complexity index is 616. The van der Waals surface area contributed by atoms with E-state index in [0.29, 0.717) is 31.3 Å². The molecule has 2 saturated heterocycles. The lowest BCUT2D eigenvalue weighted by Crippen LogP contribution is -2.37. The lowest BCUT2D eigenvalue weighted by atomic mass is 9.92. The zero-order valence-electron chi connectivity index (χ0n) is 13.6. The molecule has 0 aromatic carbocycles. The van der Waals surface area contributed by atoms with E-state index in [1.807, 2.05) is 17.8 Å². The van der Waals surface area contributed by atoms with Gasteiger partial charge in [-0.3, -0.25) is 4.68 Å². The molecule has 0 aliphatic carbocycles. The molecule has 2 aliphatic rings. The second-order valence-corrected chi connectivity index (χ2v) is 8.43. The lowest BCUT2D eigenvalue weighted by molar-refractivity contribution is -0.0322. The van der Waals surface area contributed by atoms with Crippen molar-refractivity contribution in [1.29, 1.82) is 0 Å². The quantitative estimate of drug-likeness (QED) is 0.763. The predicted octanol–water partition coefficient (Wildman–Crippen LogP) is 0.513. The van der Waals surface area contributed by atoms with Crippen LogP contribution >= 0.6 is 0 Å². The Hall–Kier alpha value is -0.960. The Kier molecular flexibility index (Phi) is 5.35. The van der Waals surface area contributed by atoms with Crippen LogP contribution in [0, 0.1) is 5.92 Å². The van der Waals surface area contributed by atoms with Gasteiger partial charge >= 0.3 is 0 Å². The van der Waals surface area contributed by atoms with E-state index in [4.69, 9.17) is 4.74 Å². The molecule has 0 bridgehead atoms. The van der Waals surface area contributed by atoms with Crippen LogP contribution in [0.4, 0.5) is 0 Å². The SMILES string of the molecule is Cn1nccc1[C@@H]1OCCC[C@H]1CNCCN1CCCS1(=O)=O. The summed E-state index contributed by atoms with van der Waals surface area (Å²) < 4.78 is 33.0. The summed E-state index contributed by atoms with van der Waals surface area (Å²) in [5, 5.41) is 7.65. The Balaban J connectivity index is 1.49. The first kappa shape index (κ1) is 16.9. The van der Waals surface area contributed by atoms with Crippen molar-refractivity contribution < 1.29 is 13.2 Å². The number of nitrogens with zero attached hydrogens (tertiary/aromatic N) is 3. The highest BCUT2D eigenvalue weighted by atomic mass is 32.2. The lowest BCUT2D eigenvalue weighted by Gasteiger charge is -2.32. The Morgan fingerprint density at radius 2 is 2.30 bits per heavy atom. The standard InChI is InChI=1S/C15H26N4O3S/c1-18-14(5-6-17-18)15-13(4-2-10-22-15)12-16-7-9-19-8-3-11-23(19,20)21/h5-6,13,15-16H,2-4,7-12H2,1H3/t13-,15+/m0/s1. The predicted molar refractivity (Wildman–Crippen MR) is 87.5 cm³/mol. The van der Waals surface area contributed by atoms with E-state index in [9.17, 15) is 8.42 Å². The summed E-state index contributed by atoms with van der Waals surface area (Å²) in [5.74, 6) is 0.695. The molecular weight excluding hydrogens is 316 g/mol. The molecule has 2 atom stereocenters. The van der Waals surface area contributed by atoms with Crippen LogP contribution < -0.4 is 5.32 Å². The summed E-state index contributed by atoms with van der Waals surface area (Å²) in [5.41, 5.74) is 1.11. The van der Waals surface area contributed by atoms with E-state index >= 15 is 0 Å². The van der Waals surface area contributed by atoms with Gasteiger partial charge in [-0.15, -0.1) is 0 Å². The largest absolute Gasteiger partial charge is 0.372 e. The molecule has 1 aromatic heterocycles. The third-order valence-electron chi connectivity index (χ3n) is 4.74. The minimum Gasteiger partial charge on any atom is -0.372 e. The maximum absolute atomic E-state index is 11.8. The van der Waals surface area contributed by atoms with Gasteiger partial charge in [0.1, 0.15) is 6.10 Å². The van der Waals surface area contributed by atoms with Gasteiger partial charge in [0.15, 0.2) is 0 Å². The fraction of sp³-hybridized carbons (Fsp3) is 0.800. The van der Waals surface area contributed by atoms with Gasteiger partial charge in [0.2, 0.25) is 10.0 Å².